The number of hydrogen-bond donors (Lipinski definition) is 0. The van der Waals surface area contributed by atoms with Crippen molar-refractivity contribution < 1.29 is 4.79 Å². The molecule has 1 saturated carbocycles. The second kappa shape index (κ2) is 4.12. The maximum Gasteiger partial charge on any atom is 0.219 e. The topological polar surface area (TPSA) is 20.3 Å². The average Bonchev–Trinajstić information content (AvgIpc) is 2.55. The van der Waals surface area contributed by atoms with Gasteiger partial charge in [0.2, 0.25) is 5.91 Å². The number of carbonyl (C=O) groups excluding carboxylic acids is 1. The quantitative estimate of drug-likeness (QED) is 0.656. The minimum Gasteiger partial charge on any atom is -0.337 e. The van der Waals surface area contributed by atoms with Crippen molar-refractivity contribution in [3.05, 3.63) is 6.42 Å². The molecule has 0 unspecified atom stereocenters. The third-order valence-electron chi connectivity index (χ3n) is 3.24. The zero-order valence-electron chi connectivity index (χ0n) is 8.97. The Morgan fingerprint density at radius 2 is 2.00 bits per heavy atom. The molecule has 2 nitrogen and oxygen atoms in total. The standard InChI is InChI=1S/C11H20NO/c1-4-11(8-6-7-9-11)12(5-2)10(3)13/h4H,5-9H2,1-3H3. The SMILES string of the molecule is C[CH]C1(N(CC)C(C)=O)CCCC1. The number of amides is 1. The van der Waals surface area contributed by atoms with Crippen molar-refractivity contribution in [2.24, 2.45) is 0 Å². The van der Waals surface area contributed by atoms with E-state index in [4.69, 9.17) is 0 Å². The lowest BCUT2D eigenvalue weighted by Gasteiger charge is -2.39. The number of hydrogen-bond acceptors (Lipinski definition) is 1. The normalized spacial score (nSPS) is 20.2. The van der Waals surface area contributed by atoms with Crippen LogP contribution in [0.15, 0.2) is 0 Å². The third-order valence-corrected chi connectivity index (χ3v) is 3.24. The van der Waals surface area contributed by atoms with Crippen molar-refractivity contribution in [1.82, 2.24) is 4.90 Å². The Morgan fingerprint density at radius 3 is 2.31 bits per heavy atom. The van der Waals surface area contributed by atoms with Gasteiger partial charge in [0.1, 0.15) is 0 Å². The summed E-state index contributed by atoms with van der Waals surface area (Å²) in [5.74, 6) is 0.211. The van der Waals surface area contributed by atoms with E-state index in [9.17, 15) is 4.79 Å². The predicted octanol–water partition coefficient (Wildman–Crippen LogP) is 2.39. The van der Waals surface area contributed by atoms with E-state index in [1.54, 1.807) is 6.92 Å². The first-order valence-electron chi connectivity index (χ1n) is 5.25. The van der Waals surface area contributed by atoms with Gasteiger partial charge in [-0.2, -0.15) is 0 Å². The molecule has 75 valence electrons. The smallest absolute Gasteiger partial charge is 0.219 e. The molecule has 1 fully saturated rings. The van der Waals surface area contributed by atoms with E-state index in [1.807, 2.05) is 4.90 Å². The van der Waals surface area contributed by atoms with Gasteiger partial charge in [-0.15, -0.1) is 0 Å². The summed E-state index contributed by atoms with van der Waals surface area (Å²) in [7, 11) is 0. The monoisotopic (exact) mass is 182 g/mol. The van der Waals surface area contributed by atoms with Crippen LogP contribution in [0.3, 0.4) is 0 Å². The Labute approximate surface area is 81.3 Å². The molecule has 1 radical (unpaired) electrons. The van der Waals surface area contributed by atoms with Crippen LogP contribution in [0, 0.1) is 6.42 Å². The van der Waals surface area contributed by atoms with E-state index in [-0.39, 0.29) is 11.4 Å². The highest BCUT2D eigenvalue weighted by atomic mass is 16.2. The van der Waals surface area contributed by atoms with Gasteiger partial charge < -0.3 is 4.90 Å². The Morgan fingerprint density at radius 1 is 1.46 bits per heavy atom. The lowest BCUT2D eigenvalue weighted by Crippen LogP contribution is -2.49. The molecule has 13 heavy (non-hydrogen) atoms. The number of rotatable bonds is 3. The van der Waals surface area contributed by atoms with Gasteiger partial charge in [0.25, 0.3) is 0 Å². The molecular formula is C11H20NO. The fourth-order valence-corrected chi connectivity index (χ4v) is 2.55. The van der Waals surface area contributed by atoms with Gasteiger partial charge in [-0.05, 0) is 26.2 Å². The summed E-state index contributed by atoms with van der Waals surface area (Å²) >= 11 is 0. The van der Waals surface area contributed by atoms with Crippen molar-refractivity contribution in [2.75, 3.05) is 6.54 Å². The first-order valence-corrected chi connectivity index (χ1v) is 5.25. The van der Waals surface area contributed by atoms with Crippen LogP contribution >= 0.6 is 0 Å². The van der Waals surface area contributed by atoms with Gasteiger partial charge in [0, 0.05) is 19.0 Å². The first kappa shape index (κ1) is 10.6. The third kappa shape index (κ3) is 1.87. The second-order valence-corrected chi connectivity index (χ2v) is 3.86. The molecule has 0 heterocycles. The first-order chi connectivity index (χ1) is 6.16. The lowest BCUT2D eigenvalue weighted by atomic mass is 9.91. The molecule has 0 N–H and O–H groups in total. The molecule has 0 aliphatic heterocycles. The molecule has 0 aromatic rings. The second-order valence-electron chi connectivity index (χ2n) is 3.86. The van der Waals surface area contributed by atoms with Crippen molar-refractivity contribution >= 4 is 5.91 Å². The minimum absolute atomic E-state index is 0.0839. The van der Waals surface area contributed by atoms with E-state index >= 15 is 0 Å². The summed E-state index contributed by atoms with van der Waals surface area (Å²) in [6.45, 7) is 6.65. The Bertz CT molecular complexity index is 183. The van der Waals surface area contributed by atoms with Crippen LogP contribution in [0.4, 0.5) is 0 Å². The van der Waals surface area contributed by atoms with Crippen LogP contribution in [-0.4, -0.2) is 22.9 Å². The van der Waals surface area contributed by atoms with Gasteiger partial charge in [0.05, 0.1) is 0 Å². The molecule has 1 aliphatic carbocycles. The van der Waals surface area contributed by atoms with E-state index in [0.717, 1.165) is 19.4 Å². The van der Waals surface area contributed by atoms with Crippen LogP contribution in [0.2, 0.25) is 0 Å². The molecule has 1 rings (SSSR count). The van der Waals surface area contributed by atoms with Crippen molar-refractivity contribution in [3.8, 4) is 0 Å². The molecule has 0 atom stereocenters. The fourth-order valence-electron chi connectivity index (χ4n) is 2.55. The van der Waals surface area contributed by atoms with Crippen LogP contribution in [0.5, 0.6) is 0 Å². The average molecular weight is 182 g/mol. The van der Waals surface area contributed by atoms with Crippen molar-refractivity contribution in [3.63, 3.8) is 0 Å². The molecule has 2 heteroatoms. The van der Waals surface area contributed by atoms with E-state index in [2.05, 4.69) is 20.3 Å². The summed E-state index contributed by atoms with van der Waals surface area (Å²) in [5, 5.41) is 0. The van der Waals surface area contributed by atoms with Gasteiger partial charge >= 0.3 is 0 Å². The molecule has 0 bridgehead atoms. The van der Waals surface area contributed by atoms with Crippen LogP contribution in [0.1, 0.15) is 46.5 Å². The highest BCUT2D eigenvalue weighted by molar-refractivity contribution is 5.74. The van der Waals surface area contributed by atoms with Crippen molar-refractivity contribution in [2.45, 2.75) is 52.0 Å². The van der Waals surface area contributed by atoms with E-state index in [1.165, 1.54) is 12.8 Å². The minimum atomic E-state index is 0.0839. The molecule has 1 aliphatic rings. The molecule has 0 aromatic carbocycles. The Hall–Kier alpha value is -0.530. The summed E-state index contributed by atoms with van der Waals surface area (Å²) in [4.78, 5) is 13.4. The van der Waals surface area contributed by atoms with E-state index < -0.39 is 0 Å². The summed E-state index contributed by atoms with van der Waals surface area (Å²) in [6, 6.07) is 0. The van der Waals surface area contributed by atoms with E-state index in [0.29, 0.717) is 0 Å². The van der Waals surface area contributed by atoms with Crippen LogP contribution in [0.25, 0.3) is 0 Å². The summed E-state index contributed by atoms with van der Waals surface area (Å²) in [6.07, 6.45) is 7.03. The molecule has 1 amide bonds. The highest BCUT2D eigenvalue weighted by Crippen LogP contribution is 2.37. The van der Waals surface area contributed by atoms with Gasteiger partial charge in [-0.1, -0.05) is 19.8 Å². The van der Waals surface area contributed by atoms with Gasteiger partial charge in [0.15, 0.2) is 0 Å². The molecule has 0 spiro atoms. The molecular weight excluding hydrogens is 162 g/mol. The summed E-state index contributed by atoms with van der Waals surface area (Å²) in [5.41, 5.74) is 0.0839. The maximum atomic E-state index is 11.4. The molecule has 0 aromatic heterocycles. The predicted molar refractivity (Wildman–Crippen MR) is 54.2 cm³/mol. The Balaban J connectivity index is 2.78. The lowest BCUT2D eigenvalue weighted by molar-refractivity contribution is -0.133. The zero-order valence-corrected chi connectivity index (χ0v) is 8.97. The highest BCUT2D eigenvalue weighted by Gasteiger charge is 2.38. The van der Waals surface area contributed by atoms with Crippen LogP contribution < -0.4 is 0 Å². The Kier molecular flexibility index (Phi) is 3.34. The molecule has 0 saturated heterocycles. The fraction of sp³-hybridized carbons (Fsp3) is 0.818. The van der Waals surface area contributed by atoms with Gasteiger partial charge in [-0.3, -0.25) is 4.79 Å². The van der Waals surface area contributed by atoms with Crippen molar-refractivity contribution in [1.29, 1.82) is 0 Å². The number of carbonyl (C=O) groups is 1. The maximum absolute atomic E-state index is 11.4. The van der Waals surface area contributed by atoms with Crippen LogP contribution in [-0.2, 0) is 4.79 Å². The number of nitrogens with zero attached hydrogens (tertiary/aromatic N) is 1. The largest absolute Gasteiger partial charge is 0.337 e. The summed E-state index contributed by atoms with van der Waals surface area (Å²) < 4.78 is 0. The van der Waals surface area contributed by atoms with Gasteiger partial charge in [-0.25, -0.2) is 0 Å². The zero-order chi connectivity index (χ0) is 9.90.